The molecule has 0 saturated heterocycles. The predicted octanol–water partition coefficient (Wildman–Crippen LogP) is 1.32. The van der Waals surface area contributed by atoms with Gasteiger partial charge in [0.05, 0.1) is 12.7 Å². The third-order valence-electron chi connectivity index (χ3n) is 1.88. The molecule has 0 spiro atoms. The van der Waals surface area contributed by atoms with Crippen LogP contribution in [-0.4, -0.2) is 23.4 Å². The number of aliphatic hydroxyl groups is 2. The van der Waals surface area contributed by atoms with Crippen LogP contribution in [0.3, 0.4) is 0 Å². The minimum atomic E-state index is -0.548. The van der Waals surface area contributed by atoms with Gasteiger partial charge >= 0.3 is 0 Å². The topological polar surface area (TPSA) is 49.7 Å². The highest BCUT2D eigenvalue weighted by Gasteiger charge is 2.05. The third kappa shape index (κ3) is 3.01. The number of aliphatic hydroxyl groups excluding tert-OH is 2. The van der Waals surface area contributed by atoms with E-state index in [0.29, 0.717) is 12.2 Å². The van der Waals surface area contributed by atoms with Crippen LogP contribution >= 0.6 is 0 Å². The maximum absolute atomic E-state index is 9.51. The molecule has 1 radical (unpaired) electrons. The van der Waals surface area contributed by atoms with Gasteiger partial charge < -0.3 is 14.9 Å². The van der Waals surface area contributed by atoms with E-state index in [-0.39, 0.29) is 13.2 Å². The van der Waals surface area contributed by atoms with E-state index in [1.54, 1.807) is 18.2 Å². The minimum absolute atomic E-state index is 0.0118. The zero-order valence-electron chi connectivity index (χ0n) is 8.02. The smallest absolute Gasteiger partial charge is 0.119 e. The molecule has 3 heteroatoms. The van der Waals surface area contributed by atoms with Crippen molar-refractivity contribution in [3.05, 3.63) is 36.8 Å². The Hall–Kier alpha value is -1.06. The van der Waals surface area contributed by atoms with Crippen molar-refractivity contribution in [3.8, 4) is 5.75 Å². The van der Waals surface area contributed by atoms with Gasteiger partial charge in [0.1, 0.15) is 12.4 Å². The van der Waals surface area contributed by atoms with E-state index in [1.165, 1.54) is 0 Å². The molecule has 0 aliphatic rings. The van der Waals surface area contributed by atoms with E-state index < -0.39 is 6.10 Å². The van der Waals surface area contributed by atoms with Gasteiger partial charge in [-0.1, -0.05) is 19.1 Å². The van der Waals surface area contributed by atoms with Crippen molar-refractivity contribution in [2.75, 3.05) is 13.2 Å². The third-order valence-corrected chi connectivity index (χ3v) is 1.88. The summed E-state index contributed by atoms with van der Waals surface area (Å²) in [6, 6.07) is 7.17. The lowest BCUT2D eigenvalue weighted by atomic mass is 10.1. The lowest BCUT2D eigenvalue weighted by Crippen LogP contribution is -2.02. The highest BCUT2D eigenvalue weighted by molar-refractivity contribution is 5.29. The average Bonchev–Trinajstić information content (AvgIpc) is 2.25. The first-order valence-electron chi connectivity index (χ1n) is 4.59. The van der Waals surface area contributed by atoms with Crippen LogP contribution in [0.25, 0.3) is 0 Å². The molecule has 1 unspecified atom stereocenters. The van der Waals surface area contributed by atoms with E-state index in [1.807, 2.05) is 6.07 Å². The van der Waals surface area contributed by atoms with Crippen molar-refractivity contribution < 1.29 is 14.9 Å². The lowest BCUT2D eigenvalue weighted by Gasteiger charge is -2.10. The van der Waals surface area contributed by atoms with Gasteiger partial charge in [-0.25, -0.2) is 0 Å². The van der Waals surface area contributed by atoms with Gasteiger partial charge in [0.15, 0.2) is 0 Å². The summed E-state index contributed by atoms with van der Waals surface area (Å²) >= 11 is 0. The zero-order chi connectivity index (χ0) is 10.4. The van der Waals surface area contributed by atoms with Gasteiger partial charge in [-0.15, -0.1) is 0 Å². The second kappa shape index (κ2) is 5.62. The van der Waals surface area contributed by atoms with Crippen LogP contribution in [0.2, 0.25) is 0 Å². The summed E-state index contributed by atoms with van der Waals surface area (Å²) in [5.41, 5.74) is 0.787. The van der Waals surface area contributed by atoms with Crippen LogP contribution < -0.4 is 4.74 Å². The Morgan fingerprint density at radius 3 is 2.86 bits per heavy atom. The summed E-state index contributed by atoms with van der Waals surface area (Å²) in [4.78, 5) is 0. The van der Waals surface area contributed by atoms with Crippen molar-refractivity contribution >= 4 is 0 Å². The highest BCUT2D eigenvalue weighted by Crippen LogP contribution is 2.20. The molecule has 3 nitrogen and oxygen atoms in total. The number of rotatable bonds is 5. The molecule has 0 aromatic heterocycles. The Morgan fingerprint density at radius 2 is 2.21 bits per heavy atom. The molecule has 0 saturated carbocycles. The first-order valence-corrected chi connectivity index (χ1v) is 4.59. The van der Waals surface area contributed by atoms with E-state index in [4.69, 9.17) is 9.84 Å². The quantitative estimate of drug-likeness (QED) is 0.745. The zero-order valence-corrected chi connectivity index (χ0v) is 8.02. The number of benzene rings is 1. The van der Waals surface area contributed by atoms with Gasteiger partial charge in [-0.2, -0.15) is 0 Å². The second-order valence-corrected chi connectivity index (χ2v) is 2.95. The molecular formula is C11H15O3. The second-order valence-electron chi connectivity index (χ2n) is 2.95. The fourth-order valence-electron chi connectivity index (χ4n) is 1.14. The first kappa shape index (κ1) is 11.0. The molecule has 0 aliphatic heterocycles. The lowest BCUT2D eigenvalue weighted by molar-refractivity contribution is 0.178. The molecule has 77 valence electrons. The molecule has 0 fully saturated rings. The number of hydrogen-bond donors (Lipinski definition) is 2. The van der Waals surface area contributed by atoms with Gasteiger partial charge in [-0.05, 0) is 24.1 Å². The maximum Gasteiger partial charge on any atom is 0.119 e. The Kier molecular flexibility index (Phi) is 4.43. The summed E-state index contributed by atoms with van der Waals surface area (Å²) in [5, 5.41) is 18.1. The van der Waals surface area contributed by atoms with E-state index in [9.17, 15) is 5.11 Å². The normalized spacial score (nSPS) is 12.5. The van der Waals surface area contributed by atoms with Crippen molar-refractivity contribution in [2.24, 2.45) is 0 Å². The van der Waals surface area contributed by atoms with Gasteiger partial charge in [0.25, 0.3) is 0 Å². The number of hydrogen-bond acceptors (Lipinski definition) is 3. The molecule has 1 aromatic rings. The molecular weight excluding hydrogens is 180 g/mol. The highest BCUT2D eigenvalue weighted by atomic mass is 16.5. The maximum atomic E-state index is 9.51. The molecule has 0 aliphatic carbocycles. The van der Waals surface area contributed by atoms with Gasteiger partial charge in [0.2, 0.25) is 0 Å². The van der Waals surface area contributed by atoms with Crippen LogP contribution in [0, 0.1) is 6.92 Å². The predicted molar refractivity (Wildman–Crippen MR) is 54.0 cm³/mol. The van der Waals surface area contributed by atoms with Gasteiger partial charge in [-0.3, -0.25) is 0 Å². The first-order chi connectivity index (χ1) is 6.77. The minimum Gasteiger partial charge on any atom is -0.491 e. The summed E-state index contributed by atoms with van der Waals surface area (Å²) in [6.45, 7) is 3.88. The van der Waals surface area contributed by atoms with Crippen LogP contribution in [-0.2, 0) is 0 Å². The molecule has 0 bridgehead atoms. The molecule has 1 aromatic carbocycles. The van der Waals surface area contributed by atoms with E-state index >= 15 is 0 Å². The molecule has 14 heavy (non-hydrogen) atoms. The van der Waals surface area contributed by atoms with Crippen LogP contribution in [0.4, 0.5) is 0 Å². The monoisotopic (exact) mass is 195 g/mol. The van der Waals surface area contributed by atoms with Crippen molar-refractivity contribution in [1.82, 2.24) is 0 Å². The summed E-state index contributed by atoms with van der Waals surface area (Å²) < 4.78 is 5.21. The van der Waals surface area contributed by atoms with Crippen LogP contribution in [0.1, 0.15) is 18.1 Å². The summed E-state index contributed by atoms with van der Waals surface area (Å²) in [5.74, 6) is 0.657. The Morgan fingerprint density at radius 1 is 1.43 bits per heavy atom. The van der Waals surface area contributed by atoms with Crippen LogP contribution in [0.5, 0.6) is 5.75 Å². The SMILES string of the molecule is [CH2]CC(O)c1cccc(OCCO)c1. The Labute approximate surface area is 84.0 Å². The fourth-order valence-corrected chi connectivity index (χ4v) is 1.14. The Bertz CT molecular complexity index is 273. The molecule has 2 N–H and O–H groups in total. The standard InChI is InChI=1S/C11H15O3/c1-2-11(13)9-4-3-5-10(8-9)14-7-6-12/h3-5,8,11-13H,1-2,6-7H2. The van der Waals surface area contributed by atoms with Crippen molar-refractivity contribution in [1.29, 1.82) is 0 Å². The van der Waals surface area contributed by atoms with E-state index in [2.05, 4.69) is 6.92 Å². The Balaban J connectivity index is 2.68. The molecule has 0 heterocycles. The molecule has 1 atom stereocenters. The average molecular weight is 195 g/mol. The number of ether oxygens (including phenoxy) is 1. The largest absolute Gasteiger partial charge is 0.491 e. The molecule has 0 amide bonds. The van der Waals surface area contributed by atoms with E-state index in [0.717, 1.165) is 5.56 Å². The van der Waals surface area contributed by atoms with Crippen molar-refractivity contribution in [2.45, 2.75) is 12.5 Å². The fraction of sp³-hybridized carbons (Fsp3) is 0.364. The van der Waals surface area contributed by atoms with Crippen LogP contribution in [0.15, 0.2) is 24.3 Å². The van der Waals surface area contributed by atoms with Gasteiger partial charge in [0, 0.05) is 0 Å². The molecule has 1 rings (SSSR count). The summed E-state index contributed by atoms with van der Waals surface area (Å²) in [7, 11) is 0. The summed E-state index contributed by atoms with van der Waals surface area (Å²) in [6.07, 6.45) is -0.114. The van der Waals surface area contributed by atoms with Crippen molar-refractivity contribution in [3.63, 3.8) is 0 Å².